The van der Waals surface area contributed by atoms with Crippen LogP contribution in [0.2, 0.25) is 0 Å². The number of non-ortho nitro benzene ring substituents is 1. The maximum absolute atomic E-state index is 12.2. The molecule has 1 aromatic rings. The summed E-state index contributed by atoms with van der Waals surface area (Å²) in [5, 5.41) is 19.3. The highest BCUT2D eigenvalue weighted by Gasteiger charge is 2.40. The number of hydrogen-bond acceptors (Lipinski definition) is 3. The van der Waals surface area contributed by atoms with Crippen molar-refractivity contribution in [2.75, 3.05) is 0 Å². The van der Waals surface area contributed by atoms with Crippen molar-refractivity contribution in [3.05, 3.63) is 38.3 Å². The number of benzene rings is 1. The summed E-state index contributed by atoms with van der Waals surface area (Å²) in [4.78, 5) is 9.53. The van der Waals surface area contributed by atoms with Crippen molar-refractivity contribution in [2.45, 2.75) is 12.3 Å². The number of nitro benzene ring substituents is 1. The average molecular weight is 300 g/mol. The second-order valence-electron chi connectivity index (χ2n) is 2.91. The highest BCUT2D eigenvalue weighted by molar-refractivity contribution is 9.10. The molecule has 0 fully saturated rings. The molecule has 1 unspecified atom stereocenters. The Kier molecular flexibility index (Phi) is 3.54. The Bertz CT molecular complexity index is 421. The van der Waals surface area contributed by atoms with E-state index in [0.29, 0.717) is 6.07 Å². The van der Waals surface area contributed by atoms with Gasteiger partial charge in [0.2, 0.25) is 0 Å². The third-order valence-electron chi connectivity index (χ3n) is 1.80. The number of hydrogen-bond donors (Lipinski definition) is 1. The van der Waals surface area contributed by atoms with Crippen LogP contribution in [-0.2, 0) is 0 Å². The minimum Gasteiger partial charge on any atom is -0.379 e. The van der Waals surface area contributed by atoms with Crippen LogP contribution in [0.3, 0.4) is 0 Å². The largest absolute Gasteiger partial charge is 0.418 e. The second kappa shape index (κ2) is 4.38. The van der Waals surface area contributed by atoms with Crippen molar-refractivity contribution in [1.29, 1.82) is 0 Å². The first-order valence-corrected chi connectivity index (χ1v) is 4.71. The van der Waals surface area contributed by atoms with E-state index in [-0.39, 0.29) is 4.47 Å². The molecule has 0 aliphatic carbocycles. The Morgan fingerprint density at radius 1 is 1.44 bits per heavy atom. The summed E-state index contributed by atoms with van der Waals surface area (Å²) in [6.07, 6.45) is -7.61. The number of alkyl halides is 3. The summed E-state index contributed by atoms with van der Waals surface area (Å²) in [6, 6.07) is 2.81. The van der Waals surface area contributed by atoms with E-state index >= 15 is 0 Å². The van der Waals surface area contributed by atoms with E-state index in [4.69, 9.17) is 5.11 Å². The Morgan fingerprint density at radius 2 is 2.00 bits per heavy atom. The normalized spacial score (nSPS) is 13.6. The summed E-state index contributed by atoms with van der Waals surface area (Å²) in [6.45, 7) is 0. The van der Waals surface area contributed by atoms with Crippen molar-refractivity contribution < 1.29 is 23.2 Å². The van der Waals surface area contributed by atoms with E-state index < -0.39 is 28.5 Å². The van der Waals surface area contributed by atoms with Gasteiger partial charge in [0.05, 0.1) is 4.92 Å². The number of aliphatic hydroxyl groups is 1. The van der Waals surface area contributed by atoms with Crippen LogP contribution in [0.15, 0.2) is 22.7 Å². The van der Waals surface area contributed by atoms with Crippen LogP contribution in [0.1, 0.15) is 11.7 Å². The van der Waals surface area contributed by atoms with Crippen LogP contribution < -0.4 is 0 Å². The molecule has 0 aromatic heterocycles. The number of nitro groups is 1. The molecule has 1 rings (SSSR count). The Hall–Kier alpha value is -1.15. The van der Waals surface area contributed by atoms with Gasteiger partial charge in [0.1, 0.15) is 0 Å². The maximum atomic E-state index is 12.2. The van der Waals surface area contributed by atoms with Gasteiger partial charge in [-0.15, -0.1) is 0 Å². The fourth-order valence-corrected chi connectivity index (χ4v) is 1.49. The lowest BCUT2D eigenvalue weighted by Gasteiger charge is -2.15. The summed E-state index contributed by atoms with van der Waals surface area (Å²) < 4.78 is 36.6. The molecule has 0 radical (unpaired) electrons. The van der Waals surface area contributed by atoms with Crippen LogP contribution in [0.5, 0.6) is 0 Å². The second-order valence-corrected chi connectivity index (χ2v) is 3.76. The van der Waals surface area contributed by atoms with Gasteiger partial charge in [-0.05, 0) is 6.07 Å². The van der Waals surface area contributed by atoms with Gasteiger partial charge in [-0.25, -0.2) is 0 Å². The number of nitrogens with zero attached hydrogens (tertiary/aromatic N) is 1. The van der Waals surface area contributed by atoms with Gasteiger partial charge in [-0.1, -0.05) is 15.9 Å². The molecule has 1 N–H and O–H groups in total. The molecular formula is C8H5BrF3NO3. The van der Waals surface area contributed by atoms with Gasteiger partial charge in [0, 0.05) is 22.2 Å². The molecular weight excluding hydrogens is 295 g/mol. The van der Waals surface area contributed by atoms with Gasteiger partial charge in [-0.2, -0.15) is 13.2 Å². The number of rotatable bonds is 2. The molecule has 0 heterocycles. The molecule has 4 nitrogen and oxygen atoms in total. The summed E-state index contributed by atoms with van der Waals surface area (Å²) in [5.74, 6) is 0. The van der Waals surface area contributed by atoms with E-state index in [9.17, 15) is 23.3 Å². The molecule has 0 saturated carbocycles. The summed E-state index contributed by atoms with van der Waals surface area (Å²) in [7, 11) is 0. The van der Waals surface area contributed by atoms with Crippen molar-refractivity contribution in [3.8, 4) is 0 Å². The standard InChI is InChI=1S/C8H5BrF3NO3/c9-6-2-1-4(13(15)16)3-5(6)7(14)8(10,11)12/h1-3,7,14H. The zero-order valence-corrected chi connectivity index (χ0v) is 9.12. The molecule has 8 heteroatoms. The van der Waals surface area contributed by atoms with E-state index in [1.54, 1.807) is 0 Å². The molecule has 0 saturated heterocycles. The lowest BCUT2D eigenvalue weighted by Crippen LogP contribution is -2.20. The highest BCUT2D eigenvalue weighted by atomic mass is 79.9. The van der Waals surface area contributed by atoms with Crippen LogP contribution >= 0.6 is 15.9 Å². The van der Waals surface area contributed by atoms with Gasteiger partial charge in [-0.3, -0.25) is 10.1 Å². The van der Waals surface area contributed by atoms with Gasteiger partial charge >= 0.3 is 6.18 Å². The first-order chi connectivity index (χ1) is 7.23. The molecule has 0 bridgehead atoms. The molecule has 1 aromatic carbocycles. The lowest BCUT2D eigenvalue weighted by atomic mass is 10.1. The topological polar surface area (TPSA) is 63.4 Å². The first-order valence-electron chi connectivity index (χ1n) is 3.92. The Labute approximate surface area is 96.0 Å². The average Bonchev–Trinajstić information content (AvgIpc) is 2.15. The van der Waals surface area contributed by atoms with E-state index in [1.165, 1.54) is 0 Å². The summed E-state index contributed by atoms with van der Waals surface area (Å²) >= 11 is 2.79. The minimum absolute atomic E-state index is 0.0390. The van der Waals surface area contributed by atoms with Crippen LogP contribution in [0.4, 0.5) is 18.9 Å². The number of aliphatic hydroxyl groups excluding tert-OH is 1. The van der Waals surface area contributed by atoms with Crippen molar-refractivity contribution in [1.82, 2.24) is 0 Å². The smallest absolute Gasteiger partial charge is 0.379 e. The third kappa shape index (κ3) is 2.70. The molecule has 16 heavy (non-hydrogen) atoms. The van der Waals surface area contributed by atoms with Crippen molar-refractivity contribution in [2.24, 2.45) is 0 Å². The van der Waals surface area contributed by atoms with E-state index in [2.05, 4.69) is 15.9 Å². The molecule has 0 amide bonds. The molecule has 0 aliphatic heterocycles. The predicted molar refractivity (Wildman–Crippen MR) is 51.8 cm³/mol. The van der Waals surface area contributed by atoms with E-state index in [1.807, 2.05) is 0 Å². The van der Waals surface area contributed by atoms with Crippen LogP contribution in [0.25, 0.3) is 0 Å². The summed E-state index contributed by atoms with van der Waals surface area (Å²) in [5.41, 5.74) is -1.09. The first kappa shape index (κ1) is 12.9. The predicted octanol–water partition coefficient (Wildman–Crippen LogP) is 2.95. The van der Waals surface area contributed by atoms with Gasteiger partial charge in [0.15, 0.2) is 6.10 Å². The minimum atomic E-state index is -4.86. The zero-order valence-electron chi connectivity index (χ0n) is 7.53. The fraction of sp³-hybridized carbons (Fsp3) is 0.250. The molecule has 1 atom stereocenters. The van der Waals surface area contributed by atoms with Gasteiger partial charge < -0.3 is 5.11 Å². The monoisotopic (exact) mass is 299 g/mol. The SMILES string of the molecule is O=[N+]([O-])c1ccc(Br)c(C(O)C(F)(F)F)c1. The highest BCUT2D eigenvalue weighted by Crippen LogP contribution is 2.37. The maximum Gasteiger partial charge on any atom is 0.418 e. The molecule has 0 aliphatic rings. The molecule has 0 spiro atoms. The molecule has 88 valence electrons. The lowest BCUT2D eigenvalue weighted by molar-refractivity contribution is -0.385. The number of halogens is 4. The Morgan fingerprint density at radius 3 is 2.44 bits per heavy atom. The van der Waals surface area contributed by atoms with Crippen molar-refractivity contribution in [3.63, 3.8) is 0 Å². The third-order valence-corrected chi connectivity index (χ3v) is 2.52. The van der Waals surface area contributed by atoms with Crippen LogP contribution in [-0.4, -0.2) is 16.2 Å². The van der Waals surface area contributed by atoms with Gasteiger partial charge in [0.25, 0.3) is 5.69 Å². The fourth-order valence-electron chi connectivity index (χ4n) is 1.03. The quantitative estimate of drug-likeness (QED) is 0.674. The Balaban J connectivity index is 3.22. The van der Waals surface area contributed by atoms with Crippen LogP contribution in [0, 0.1) is 10.1 Å². The van der Waals surface area contributed by atoms with E-state index in [0.717, 1.165) is 12.1 Å². The zero-order chi connectivity index (χ0) is 12.5. The van der Waals surface area contributed by atoms with Crippen molar-refractivity contribution >= 4 is 21.6 Å².